The first-order chi connectivity index (χ1) is 8.06. The van der Waals surface area contributed by atoms with E-state index in [0.29, 0.717) is 20.8 Å². The van der Waals surface area contributed by atoms with Crippen molar-refractivity contribution in [2.75, 3.05) is 5.73 Å². The average molecular weight is 307 g/mol. The van der Waals surface area contributed by atoms with Crippen LogP contribution in [-0.4, -0.2) is 9.97 Å². The summed E-state index contributed by atoms with van der Waals surface area (Å²) in [5.74, 6) is 0. The number of nitrogen functional groups attached to an aromatic ring is 1. The molecule has 2 N–H and O–H groups in total. The molecule has 0 aliphatic rings. The predicted molar refractivity (Wildman–Crippen MR) is 72.0 cm³/mol. The number of aromatic nitrogens is 2. The van der Waals surface area contributed by atoms with E-state index in [-0.39, 0.29) is 5.28 Å². The highest BCUT2D eigenvalue weighted by Crippen LogP contribution is 2.34. The first-order valence-corrected chi connectivity index (χ1v) is 6.42. The molecule has 1 heterocycles. The van der Waals surface area contributed by atoms with Gasteiger partial charge in [0.25, 0.3) is 0 Å². The van der Waals surface area contributed by atoms with Gasteiger partial charge in [-0.05, 0) is 29.8 Å². The lowest BCUT2D eigenvalue weighted by molar-refractivity contribution is 1.06. The molecular weight excluding hydrogens is 301 g/mol. The average Bonchev–Trinajstić information content (AvgIpc) is 2.29. The number of nitrogens with zero attached hydrogens (tertiary/aromatic N) is 2. The van der Waals surface area contributed by atoms with Gasteiger partial charge >= 0.3 is 0 Å². The molecule has 7 heteroatoms. The highest BCUT2D eigenvalue weighted by atomic mass is 35.5. The number of hydrogen-bond acceptors (Lipinski definition) is 4. The van der Waals surface area contributed by atoms with Gasteiger partial charge in [-0.25, -0.2) is 9.97 Å². The molecule has 3 nitrogen and oxygen atoms in total. The third-order valence-corrected chi connectivity index (χ3v) is 3.79. The first kappa shape index (κ1) is 12.8. The molecule has 88 valence electrons. The van der Waals surface area contributed by atoms with Gasteiger partial charge in [-0.2, -0.15) is 0 Å². The molecular formula is C10H6Cl3N3S. The lowest BCUT2D eigenvalue weighted by atomic mass is 10.4. The van der Waals surface area contributed by atoms with Crippen LogP contribution in [0.4, 0.5) is 5.69 Å². The van der Waals surface area contributed by atoms with Crippen molar-refractivity contribution in [1.82, 2.24) is 9.97 Å². The van der Waals surface area contributed by atoms with E-state index in [1.807, 2.05) is 6.07 Å². The van der Waals surface area contributed by atoms with E-state index >= 15 is 0 Å². The van der Waals surface area contributed by atoms with E-state index in [9.17, 15) is 0 Å². The maximum atomic E-state index is 5.92. The standard InChI is InChI=1S/C10H6Cl3N3S/c11-6-2-1-5(3-7(6)12)17-9-8(14)4-15-10(13)16-9/h1-4H,14H2. The van der Waals surface area contributed by atoms with Crippen molar-refractivity contribution < 1.29 is 0 Å². The molecule has 17 heavy (non-hydrogen) atoms. The number of benzene rings is 1. The predicted octanol–water partition coefficient (Wildman–Crippen LogP) is 4.17. The van der Waals surface area contributed by atoms with Gasteiger partial charge in [0.05, 0.1) is 21.9 Å². The van der Waals surface area contributed by atoms with Crippen LogP contribution in [0.15, 0.2) is 34.3 Å². The molecule has 2 rings (SSSR count). The Hall–Kier alpha value is -0.680. The van der Waals surface area contributed by atoms with E-state index in [4.69, 9.17) is 40.5 Å². The van der Waals surface area contributed by atoms with Crippen LogP contribution in [0.5, 0.6) is 0 Å². The number of anilines is 1. The second-order valence-electron chi connectivity index (χ2n) is 3.08. The molecule has 0 amide bonds. The zero-order valence-electron chi connectivity index (χ0n) is 8.32. The smallest absolute Gasteiger partial charge is 0.223 e. The Labute approximate surface area is 117 Å². The number of nitrogens with two attached hydrogens (primary N) is 1. The van der Waals surface area contributed by atoms with Gasteiger partial charge in [-0.1, -0.05) is 35.0 Å². The normalized spacial score (nSPS) is 10.5. The van der Waals surface area contributed by atoms with Gasteiger partial charge in [0.2, 0.25) is 5.28 Å². The minimum absolute atomic E-state index is 0.154. The van der Waals surface area contributed by atoms with Crippen LogP contribution < -0.4 is 5.73 Å². The summed E-state index contributed by atoms with van der Waals surface area (Å²) >= 11 is 18.8. The summed E-state index contributed by atoms with van der Waals surface area (Å²) in [5, 5.41) is 1.73. The van der Waals surface area contributed by atoms with Crippen molar-refractivity contribution in [3.63, 3.8) is 0 Å². The van der Waals surface area contributed by atoms with Crippen molar-refractivity contribution in [2.45, 2.75) is 9.92 Å². The molecule has 0 bridgehead atoms. The summed E-state index contributed by atoms with van der Waals surface area (Å²) in [7, 11) is 0. The van der Waals surface area contributed by atoms with Gasteiger partial charge in [-0.15, -0.1) is 0 Å². The molecule has 1 aromatic carbocycles. The summed E-state index contributed by atoms with van der Waals surface area (Å²) in [6, 6.07) is 5.28. The maximum Gasteiger partial charge on any atom is 0.223 e. The molecule has 0 spiro atoms. The molecule has 2 aromatic rings. The van der Waals surface area contributed by atoms with Crippen molar-refractivity contribution in [1.29, 1.82) is 0 Å². The van der Waals surface area contributed by atoms with Crippen molar-refractivity contribution in [2.24, 2.45) is 0 Å². The molecule has 0 saturated heterocycles. The zero-order valence-corrected chi connectivity index (χ0v) is 11.4. The number of halogens is 3. The topological polar surface area (TPSA) is 51.8 Å². The summed E-state index contributed by atoms with van der Waals surface area (Å²) < 4.78 is 0. The molecule has 0 unspecified atom stereocenters. The Morgan fingerprint density at radius 3 is 2.59 bits per heavy atom. The van der Waals surface area contributed by atoms with Crippen LogP contribution in [0.1, 0.15) is 0 Å². The summed E-state index contributed by atoms with van der Waals surface area (Å²) in [6.45, 7) is 0. The lowest BCUT2D eigenvalue weighted by Gasteiger charge is -2.05. The van der Waals surface area contributed by atoms with Gasteiger partial charge < -0.3 is 5.73 Å². The molecule has 0 atom stereocenters. The molecule has 0 fully saturated rings. The zero-order chi connectivity index (χ0) is 12.4. The fraction of sp³-hybridized carbons (Fsp3) is 0. The third-order valence-electron chi connectivity index (χ3n) is 1.86. The fourth-order valence-corrected chi connectivity index (χ4v) is 2.47. The summed E-state index contributed by atoms with van der Waals surface area (Å²) in [6.07, 6.45) is 1.47. The summed E-state index contributed by atoms with van der Waals surface area (Å²) in [4.78, 5) is 8.69. The molecule has 0 aliphatic carbocycles. The van der Waals surface area contributed by atoms with Crippen LogP contribution in [0.2, 0.25) is 15.3 Å². The Bertz CT molecular complexity index is 562. The van der Waals surface area contributed by atoms with Gasteiger partial charge in [0.15, 0.2) is 0 Å². The SMILES string of the molecule is Nc1cnc(Cl)nc1Sc1ccc(Cl)c(Cl)c1. The highest BCUT2D eigenvalue weighted by Gasteiger charge is 2.07. The van der Waals surface area contributed by atoms with Crippen molar-refractivity contribution in [3.05, 3.63) is 39.7 Å². The van der Waals surface area contributed by atoms with Gasteiger partial charge in [0.1, 0.15) is 5.03 Å². The van der Waals surface area contributed by atoms with Crippen LogP contribution in [0.3, 0.4) is 0 Å². The molecule has 0 radical (unpaired) electrons. The van der Waals surface area contributed by atoms with Gasteiger partial charge in [-0.3, -0.25) is 0 Å². The largest absolute Gasteiger partial charge is 0.395 e. The minimum Gasteiger partial charge on any atom is -0.395 e. The Morgan fingerprint density at radius 1 is 1.12 bits per heavy atom. The molecule has 1 aromatic heterocycles. The number of rotatable bonds is 2. The second kappa shape index (κ2) is 5.31. The minimum atomic E-state index is 0.154. The van der Waals surface area contributed by atoms with Crippen LogP contribution >= 0.6 is 46.6 Å². The Morgan fingerprint density at radius 2 is 1.88 bits per heavy atom. The molecule has 0 saturated carbocycles. The van der Waals surface area contributed by atoms with E-state index < -0.39 is 0 Å². The second-order valence-corrected chi connectivity index (χ2v) is 5.29. The maximum absolute atomic E-state index is 5.92. The Kier molecular flexibility index (Phi) is 3.99. The highest BCUT2D eigenvalue weighted by molar-refractivity contribution is 7.99. The summed E-state index contributed by atoms with van der Waals surface area (Å²) in [5.41, 5.74) is 6.21. The molecule has 0 aliphatic heterocycles. The van der Waals surface area contributed by atoms with Crippen molar-refractivity contribution in [3.8, 4) is 0 Å². The van der Waals surface area contributed by atoms with Crippen LogP contribution in [0, 0.1) is 0 Å². The Balaban J connectivity index is 2.31. The van der Waals surface area contributed by atoms with Crippen LogP contribution in [-0.2, 0) is 0 Å². The first-order valence-electron chi connectivity index (χ1n) is 4.47. The van der Waals surface area contributed by atoms with E-state index in [1.165, 1.54) is 18.0 Å². The van der Waals surface area contributed by atoms with E-state index in [1.54, 1.807) is 12.1 Å². The van der Waals surface area contributed by atoms with E-state index in [2.05, 4.69) is 9.97 Å². The van der Waals surface area contributed by atoms with Gasteiger partial charge in [0, 0.05) is 4.90 Å². The fourth-order valence-electron chi connectivity index (χ4n) is 1.09. The van der Waals surface area contributed by atoms with Crippen LogP contribution in [0.25, 0.3) is 0 Å². The van der Waals surface area contributed by atoms with Crippen molar-refractivity contribution >= 4 is 52.3 Å². The lowest BCUT2D eigenvalue weighted by Crippen LogP contribution is -1.94. The third kappa shape index (κ3) is 3.16. The monoisotopic (exact) mass is 305 g/mol. The number of hydrogen-bond donors (Lipinski definition) is 1. The quantitative estimate of drug-likeness (QED) is 0.668. The van der Waals surface area contributed by atoms with E-state index in [0.717, 1.165) is 4.90 Å².